The predicted molar refractivity (Wildman–Crippen MR) is 75.3 cm³/mol. The molecule has 0 fully saturated rings. The SMILES string of the molecule is CC(C)(C)c1ccc(CC(NN)c2ncn[nH]2)cc1. The third kappa shape index (κ3) is 3.39. The molecular weight excluding hydrogens is 238 g/mol. The summed E-state index contributed by atoms with van der Waals surface area (Å²) in [6, 6.07) is 8.57. The zero-order valence-electron chi connectivity index (χ0n) is 11.6. The summed E-state index contributed by atoms with van der Waals surface area (Å²) in [5.41, 5.74) is 5.48. The van der Waals surface area contributed by atoms with Crippen molar-refractivity contribution in [3.05, 3.63) is 47.5 Å². The highest BCUT2D eigenvalue weighted by molar-refractivity contribution is 5.28. The summed E-state index contributed by atoms with van der Waals surface area (Å²) in [6.45, 7) is 6.63. The zero-order valence-corrected chi connectivity index (χ0v) is 11.6. The van der Waals surface area contributed by atoms with Crippen LogP contribution in [0.15, 0.2) is 30.6 Å². The lowest BCUT2D eigenvalue weighted by atomic mass is 9.86. The van der Waals surface area contributed by atoms with Crippen LogP contribution in [0.5, 0.6) is 0 Å². The van der Waals surface area contributed by atoms with Crippen LogP contribution in [0.3, 0.4) is 0 Å². The van der Waals surface area contributed by atoms with Crippen molar-refractivity contribution in [3.63, 3.8) is 0 Å². The highest BCUT2D eigenvalue weighted by atomic mass is 15.3. The van der Waals surface area contributed by atoms with Gasteiger partial charge in [0.25, 0.3) is 0 Å². The molecule has 1 atom stereocenters. The van der Waals surface area contributed by atoms with Crippen LogP contribution in [-0.2, 0) is 11.8 Å². The van der Waals surface area contributed by atoms with Gasteiger partial charge in [-0.05, 0) is 23.0 Å². The minimum Gasteiger partial charge on any atom is -0.271 e. The third-order valence-corrected chi connectivity index (χ3v) is 3.22. The molecule has 1 aromatic heterocycles. The lowest BCUT2D eigenvalue weighted by Gasteiger charge is -2.20. The van der Waals surface area contributed by atoms with Crippen LogP contribution in [0.4, 0.5) is 0 Å². The number of hydrogen-bond acceptors (Lipinski definition) is 4. The van der Waals surface area contributed by atoms with Crippen LogP contribution >= 0.6 is 0 Å². The fourth-order valence-electron chi connectivity index (χ4n) is 1.99. The third-order valence-electron chi connectivity index (χ3n) is 3.22. The molecule has 0 radical (unpaired) electrons. The second kappa shape index (κ2) is 5.50. The van der Waals surface area contributed by atoms with E-state index in [-0.39, 0.29) is 11.5 Å². The van der Waals surface area contributed by atoms with Crippen molar-refractivity contribution in [1.82, 2.24) is 20.6 Å². The maximum absolute atomic E-state index is 5.57. The van der Waals surface area contributed by atoms with E-state index >= 15 is 0 Å². The average molecular weight is 259 g/mol. The number of aromatic amines is 1. The minimum atomic E-state index is -0.0528. The van der Waals surface area contributed by atoms with Crippen LogP contribution < -0.4 is 11.3 Å². The molecule has 0 bridgehead atoms. The topological polar surface area (TPSA) is 79.6 Å². The first-order valence-corrected chi connectivity index (χ1v) is 6.41. The Morgan fingerprint density at radius 2 is 1.95 bits per heavy atom. The van der Waals surface area contributed by atoms with Crippen molar-refractivity contribution < 1.29 is 0 Å². The summed E-state index contributed by atoms with van der Waals surface area (Å²) in [6.07, 6.45) is 2.26. The molecule has 0 aliphatic carbocycles. The van der Waals surface area contributed by atoms with Crippen molar-refractivity contribution in [2.24, 2.45) is 5.84 Å². The summed E-state index contributed by atoms with van der Waals surface area (Å²) in [7, 11) is 0. The van der Waals surface area contributed by atoms with Gasteiger partial charge in [-0.3, -0.25) is 10.9 Å². The predicted octanol–water partition coefficient (Wildman–Crippen LogP) is 1.85. The van der Waals surface area contributed by atoms with Gasteiger partial charge in [-0.2, -0.15) is 5.10 Å². The Kier molecular flexibility index (Phi) is 3.97. The van der Waals surface area contributed by atoms with Crippen molar-refractivity contribution in [2.45, 2.75) is 38.6 Å². The fourth-order valence-corrected chi connectivity index (χ4v) is 1.99. The van der Waals surface area contributed by atoms with Gasteiger partial charge in [0.15, 0.2) is 0 Å². The number of hydrogen-bond donors (Lipinski definition) is 3. The molecule has 19 heavy (non-hydrogen) atoms. The molecule has 5 heteroatoms. The van der Waals surface area contributed by atoms with Crippen LogP contribution in [-0.4, -0.2) is 15.2 Å². The molecule has 1 heterocycles. The Balaban J connectivity index is 2.11. The summed E-state index contributed by atoms with van der Waals surface area (Å²) < 4.78 is 0. The molecule has 102 valence electrons. The number of nitrogens with two attached hydrogens (primary N) is 1. The largest absolute Gasteiger partial charge is 0.271 e. The Morgan fingerprint density at radius 1 is 1.26 bits per heavy atom. The molecule has 5 nitrogen and oxygen atoms in total. The van der Waals surface area contributed by atoms with E-state index in [1.807, 2.05) is 0 Å². The van der Waals surface area contributed by atoms with E-state index in [2.05, 4.69) is 65.6 Å². The lowest BCUT2D eigenvalue weighted by molar-refractivity contribution is 0.524. The van der Waals surface area contributed by atoms with Crippen molar-refractivity contribution >= 4 is 0 Å². The van der Waals surface area contributed by atoms with Gasteiger partial charge in [0.2, 0.25) is 0 Å². The maximum atomic E-state index is 5.57. The molecule has 2 rings (SSSR count). The van der Waals surface area contributed by atoms with Gasteiger partial charge in [-0.15, -0.1) is 0 Å². The zero-order chi connectivity index (χ0) is 13.9. The first-order chi connectivity index (χ1) is 9.00. The first kappa shape index (κ1) is 13.7. The number of H-pyrrole nitrogens is 1. The molecule has 0 aliphatic heterocycles. The Labute approximate surface area is 113 Å². The van der Waals surface area contributed by atoms with E-state index < -0.39 is 0 Å². The molecule has 0 saturated carbocycles. The van der Waals surface area contributed by atoms with E-state index in [0.717, 1.165) is 12.2 Å². The van der Waals surface area contributed by atoms with Crippen LogP contribution in [0.1, 0.15) is 43.8 Å². The van der Waals surface area contributed by atoms with Crippen LogP contribution in [0.25, 0.3) is 0 Å². The molecule has 0 spiro atoms. The summed E-state index contributed by atoms with van der Waals surface area (Å²) >= 11 is 0. The van der Waals surface area contributed by atoms with Gasteiger partial charge < -0.3 is 0 Å². The van der Waals surface area contributed by atoms with Gasteiger partial charge in [0.05, 0.1) is 6.04 Å². The van der Waals surface area contributed by atoms with E-state index in [0.29, 0.717) is 0 Å². The summed E-state index contributed by atoms with van der Waals surface area (Å²) in [5.74, 6) is 6.33. The number of hydrazine groups is 1. The van der Waals surface area contributed by atoms with Gasteiger partial charge in [-0.25, -0.2) is 10.4 Å². The Morgan fingerprint density at radius 3 is 2.42 bits per heavy atom. The van der Waals surface area contributed by atoms with E-state index in [9.17, 15) is 0 Å². The van der Waals surface area contributed by atoms with E-state index in [1.54, 1.807) is 0 Å². The van der Waals surface area contributed by atoms with E-state index in [4.69, 9.17) is 5.84 Å². The van der Waals surface area contributed by atoms with Crippen LogP contribution in [0, 0.1) is 0 Å². The van der Waals surface area contributed by atoms with Crippen molar-refractivity contribution in [1.29, 1.82) is 0 Å². The van der Waals surface area contributed by atoms with Gasteiger partial charge in [0, 0.05) is 0 Å². The molecule has 0 amide bonds. The quantitative estimate of drug-likeness (QED) is 0.578. The average Bonchev–Trinajstić information content (AvgIpc) is 2.89. The maximum Gasteiger partial charge on any atom is 0.143 e. The highest BCUT2D eigenvalue weighted by Crippen LogP contribution is 2.23. The molecular formula is C14H21N5. The number of rotatable bonds is 4. The molecule has 0 saturated heterocycles. The van der Waals surface area contributed by atoms with Gasteiger partial charge >= 0.3 is 0 Å². The molecule has 2 aromatic rings. The lowest BCUT2D eigenvalue weighted by Crippen LogP contribution is -2.30. The molecule has 1 unspecified atom stereocenters. The standard InChI is InChI=1S/C14H21N5/c1-14(2,3)11-6-4-10(5-7-11)8-12(18-15)13-16-9-17-19-13/h4-7,9,12,18H,8,15H2,1-3H3,(H,16,17,19). The van der Waals surface area contributed by atoms with Gasteiger partial charge in [-0.1, -0.05) is 45.0 Å². The summed E-state index contributed by atoms with van der Waals surface area (Å²) in [5, 5.41) is 6.69. The highest BCUT2D eigenvalue weighted by Gasteiger charge is 2.15. The molecule has 1 aromatic carbocycles. The number of aromatic nitrogens is 3. The van der Waals surface area contributed by atoms with E-state index in [1.165, 1.54) is 17.5 Å². The fraction of sp³-hybridized carbons (Fsp3) is 0.429. The molecule has 0 aliphatic rings. The van der Waals surface area contributed by atoms with Gasteiger partial charge in [0.1, 0.15) is 12.2 Å². The van der Waals surface area contributed by atoms with Crippen molar-refractivity contribution in [3.8, 4) is 0 Å². The normalized spacial score (nSPS) is 13.5. The van der Waals surface area contributed by atoms with Crippen LogP contribution in [0.2, 0.25) is 0 Å². The number of nitrogens with zero attached hydrogens (tertiary/aromatic N) is 2. The second-order valence-corrected chi connectivity index (χ2v) is 5.74. The first-order valence-electron chi connectivity index (χ1n) is 6.41. The smallest absolute Gasteiger partial charge is 0.143 e. The second-order valence-electron chi connectivity index (χ2n) is 5.74. The monoisotopic (exact) mass is 259 g/mol. The number of nitrogens with one attached hydrogen (secondary N) is 2. The Bertz CT molecular complexity index is 496. The Hall–Kier alpha value is -1.72. The van der Waals surface area contributed by atoms with Crippen molar-refractivity contribution in [2.75, 3.05) is 0 Å². The molecule has 4 N–H and O–H groups in total. The summed E-state index contributed by atoms with van der Waals surface area (Å²) in [4.78, 5) is 4.13. The minimum absolute atomic E-state index is 0.0528. The number of benzene rings is 1.